The lowest BCUT2D eigenvalue weighted by Crippen LogP contribution is -1.90. The predicted molar refractivity (Wildman–Crippen MR) is 64.9 cm³/mol. The van der Waals surface area contributed by atoms with Crippen molar-refractivity contribution in [2.45, 2.75) is 0 Å². The average molecular weight is 240 g/mol. The number of nitro groups is 1. The number of phenolic OH excluding ortho intramolecular Hbond substituents is 1. The van der Waals surface area contributed by atoms with E-state index in [-0.39, 0.29) is 5.69 Å². The molecule has 0 fully saturated rings. The van der Waals surface area contributed by atoms with E-state index in [2.05, 4.69) is 0 Å². The van der Waals surface area contributed by atoms with Crippen LogP contribution in [0, 0.1) is 21.4 Å². The minimum atomic E-state index is -0.646. The molecule has 0 spiro atoms. The summed E-state index contributed by atoms with van der Waals surface area (Å²) in [5.74, 6) is -0.391. The number of nitro benzene ring substituents is 1. The molecule has 2 rings (SSSR count). The summed E-state index contributed by atoms with van der Waals surface area (Å²) in [4.78, 5) is 10.1. The zero-order chi connectivity index (χ0) is 13.1. The van der Waals surface area contributed by atoms with Gasteiger partial charge in [0.05, 0.1) is 16.6 Å². The molecule has 0 amide bonds. The lowest BCUT2D eigenvalue weighted by Gasteiger charge is -2.05. The second-order valence-corrected chi connectivity index (χ2v) is 3.62. The number of phenols is 1. The van der Waals surface area contributed by atoms with Gasteiger partial charge in [-0.3, -0.25) is 10.1 Å². The van der Waals surface area contributed by atoms with Crippen molar-refractivity contribution in [1.82, 2.24) is 0 Å². The largest absolute Gasteiger partial charge is 0.502 e. The Morgan fingerprint density at radius 3 is 2.61 bits per heavy atom. The second kappa shape index (κ2) is 4.55. The van der Waals surface area contributed by atoms with Crippen LogP contribution in [-0.2, 0) is 0 Å². The summed E-state index contributed by atoms with van der Waals surface area (Å²) in [5.41, 5.74) is 0.977. The smallest absolute Gasteiger partial charge is 0.311 e. The molecule has 0 aromatic heterocycles. The highest BCUT2D eigenvalue weighted by atomic mass is 16.6. The van der Waals surface area contributed by atoms with Gasteiger partial charge in [-0.05, 0) is 17.7 Å². The first-order valence-electron chi connectivity index (χ1n) is 5.10. The molecule has 0 aliphatic carbocycles. The average Bonchev–Trinajstić information content (AvgIpc) is 2.38. The molecule has 0 atom stereocenters. The molecule has 0 bridgehead atoms. The molecule has 0 unspecified atom stereocenters. The van der Waals surface area contributed by atoms with Gasteiger partial charge in [-0.1, -0.05) is 24.3 Å². The fourth-order valence-corrected chi connectivity index (χ4v) is 1.67. The summed E-state index contributed by atoms with van der Waals surface area (Å²) in [5, 5.41) is 29.4. The van der Waals surface area contributed by atoms with E-state index in [4.69, 9.17) is 5.26 Å². The molecule has 0 aliphatic rings. The minimum absolute atomic E-state index is 0.335. The zero-order valence-electron chi connectivity index (χ0n) is 9.20. The summed E-state index contributed by atoms with van der Waals surface area (Å²) < 4.78 is 0. The molecule has 88 valence electrons. The van der Waals surface area contributed by atoms with Gasteiger partial charge in [-0.25, -0.2) is 0 Å². The predicted octanol–water partition coefficient (Wildman–Crippen LogP) is 2.84. The normalized spacial score (nSPS) is 9.72. The first-order chi connectivity index (χ1) is 8.63. The van der Waals surface area contributed by atoms with E-state index in [1.807, 2.05) is 6.07 Å². The fourth-order valence-electron chi connectivity index (χ4n) is 1.67. The van der Waals surface area contributed by atoms with Crippen molar-refractivity contribution in [3.05, 3.63) is 58.1 Å². The molecular weight excluding hydrogens is 232 g/mol. The highest BCUT2D eigenvalue weighted by Gasteiger charge is 2.17. The Morgan fingerprint density at radius 1 is 1.22 bits per heavy atom. The minimum Gasteiger partial charge on any atom is -0.502 e. The van der Waals surface area contributed by atoms with Crippen molar-refractivity contribution >= 4 is 5.69 Å². The monoisotopic (exact) mass is 240 g/mol. The molecule has 1 N–H and O–H groups in total. The van der Waals surface area contributed by atoms with Crippen LogP contribution in [0.4, 0.5) is 5.69 Å². The molecule has 2 aromatic carbocycles. The van der Waals surface area contributed by atoms with Crippen LogP contribution in [0.25, 0.3) is 11.1 Å². The molecule has 18 heavy (non-hydrogen) atoms. The van der Waals surface area contributed by atoms with Crippen LogP contribution in [0.5, 0.6) is 5.75 Å². The third-order valence-electron chi connectivity index (χ3n) is 2.51. The fraction of sp³-hybridized carbons (Fsp3) is 0. The topological polar surface area (TPSA) is 87.2 Å². The van der Waals surface area contributed by atoms with Crippen molar-refractivity contribution in [1.29, 1.82) is 5.26 Å². The molecule has 0 saturated heterocycles. The van der Waals surface area contributed by atoms with Crippen molar-refractivity contribution in [2.24, 2.45) is 0 Å². The third kappa shape index (κ3) is 1.99. The summed E-state index contributed by atoms with van der Waals surface area (Å²) >= 11 is 0. The summed E-state index contributed by atoms with van der Waals surface area (Å²) in [6.45, 7) is 0. The van der Waals surface area contributed by atoms with Gasteiger partial charge >= 0.3 is 5.69 Å². The number of hydrogen-bond donors (Lipinski definition) is 1. The molecule has 0 aliphatic heterocycles. The SMILES string of the molecule is N#Cc1cccc(-c2cccc([N+](=O)[O-])c2O)c1. The Bertz CT molecular complexity index is 660. The number of para-hydroxylation sites is 1. The van der Waals surface area contributed by atoms with Crippen LogP contribution in [0.2, 0.25) is 0 Å². The van der Waals surface area contributed by atoms with Crippen molar-refractivity contribution in [3.8, 4) is 22.9 Å². The number of benzene rings is 2. The molecule has 0 heterocycles. The van der Waals surface area contributed by atoms with Gasteiger partial charge in [0.25, 0.3) is 0 Å². The molecule has 5 heteroatoms. The van der Waals surface area contributed by atoms with Crippen LogP contribution in [0.3, 0.4) is 0 Å². The quantitative estimate of drug-likeness (QED) is 0.645. The standard InChI is InChI=1S/C13H8N2O3/c14-8-9-3-1-4-10(7-9)11-5-2-6-12(13(11)16)15(17)18/h1-7,16H. The second-order valence-electron chi connectivity index (χ2n) is 3.62. The van der Waals surface area contributed by atoms with Gasteiger partial charge in [0, 0.05) is 11.6 Å². The molecule has 0 radical (unpaired) electrons. The van der Waals surface area contributed by atoms with Gasteiger partial charge in [0.1, 0.15) is 0 Å². The Morgan fingerprint density at radius 2 is 1.94 bits per heavy atom. The maximum atomic E-state index is 10.7. The van der Waals surface area contributed by atoms with Gasteiger partial charge in [-0.2, -0.15) is 5.26 Å². The molecular formula is C13H8N2O3. The molecule has 5 nitrogen and oxygen atoms in total. The Labute approximate surface area is 103 Å². The van der Waals surface area contributed by atoms with E-state index in [0.29, 0.717) is 16.7 Å². The highest BCUT2D eigenvalue weighted by molar-refractivity contribution is 5.75. The van der Waals surface area contributed by atoms with Gasteiger partial charge < -0.3 is 5.11 Å². The first kappa shape index (κ1) is 11.6. The Kier molecular flexibility index (Phi) is 2.94. The maximum Gasteiger partial charge on any atom is 0.311 e. The highest BCUT2D eigenvalue weighted by Crippen LogP contribution is 2.36. The third-order valence-corrected chi connectivity index (χ3v) is 2.51. The number of rotatable bonds is 2. The zero-order valence-corrected chi connectivity index (χ0v) is 9.20. The Hall–Kier alpha value is -2.87. The van der Waals surface area contributed by atoms with E-state index in [0.717, 1.165) is 0 Å². The van der Waals surface area contributed by atoms with Gasteiger partial charge in [0.15, 0.2) is 0 Å². The van der Waals surface area contributed by atoms with Crippen molar-refractivity contribution in [2.75, 3.05) is 0 Å². The van der Waals surface area contributed by atoms with Gasteiger partial charge in [0.2, 0.25) is 5.75 Å². The number of nitrogens with zero attached hydrogens (tertiary/aromatic N) is 2. The summed E-state index contributed by atoms with van der Waals surface area (Å²) in [6, 6.07) is 12.8. The van der Waals surface area contributed by atoms with Crippen molar-refractivity contribution < 1.29 is 10.0 Å². The number of nitriles is 1. The van der Waals surface area contributed by atoms with E-state index in [9.17, 15) is 15.2 Å². The van der Waals surface area contributed by atoms with E-state index >= 15 is 0 Å². The van der Waals surface area contributed by atoms with E-state index in [1.54, 1.807) is 30.3 Å². The lowest BCUT2D eigenvalue weighted by molar-refractivity contribution is -0.385. The van der Waals surface area contributed by atoms with Crippen LogP contribution >= 0.6 is 0 Å². The Balaban J connectivity index is 2.61. The summed E-state index contributed by atoms with van der Waals surface area (Å²) in [6.07, 6.45) is 0. The first-order valence-corrected chi connectivity index (χ1v) is 5.10. The molecule has 2 aromatic rings. The van der Waals surface area contributed by atoms with Crippen molar-refractivity contribution in [3.63, 3.8) is 0 Å². The van der Waals surface area contributed by atoms with E-state index < -0.39 is 10.7 Å². The number of aromatic hydroxyl groups is 1. The number of hydrogen-bond acceptors (Lipinski definition) is 4. The van der Waals surface area contributed by atoms with Gasteiger partial charge in [-0.15, -0.1) is 0 Å². The van der Waals surface area contributed by atoms with E-state index in [1.165, 1.54) is 12.1 Å². The lowest BCUT2D eigenvalue weighted by atomic mass is 10.0. The summed E-state index contributed by atoms with van der Waals surface area (Å²) in [7, 11) is 0. The van der Waals surface area contributed by atoms with Crippen LogP contribution in [0.15, 0.2) is 42.5 Å². The van der Waals surface area contributed by atoms with Crippen LogP contribution in [0.1, 0.15) is 5.56 Å². The van der Waals surface area contributed by atoms with Crippen LogP contribution < -0.4 is 0 Å². The molecule has 0 saturated carbocycles. The maximum absolute atomic E-state index is 10.7. The van der Waals surface area contributed by atoms with Crippen LogP contribution in [-0.4, -0.2) is 10.0 Å².